The summed E-state index contributed by atoms with van der Waals surface area (Å²) >= 11 is 4.94. The van der Waals surface area contributed by atoms with Crippen LogP contribution in [0.2, 0.25) is 0 Å². The highest BCUT2D eigenvalue weighted by molar-refractivity contribution is 7.81. The number of H-pyrrole nitrogens is 1. The van der Waals surface area contributed by atoms with Gasteiger partial charge in [-0.25, -0.2) is 4.79 Å². The molecule has 0 saturated carbocycles. The molecule has 0 aliphatic carbocycles. The maximum absolute atomic E-state index is 11.5. The number of ketones is 1. The number of nitrogens with two attached hydrogens (primary N) is 1. The first-order valence-corrected chi connectivity index (χ1v) is 4.86. The summed E-state index contributed by atoms with van der Waals surface area (Å²) in [6.07, 6.45) is -0.0409. The zero-order chi connectivity index (χ0) is 12.5. The Morgan fingerprint density at radius 3 is 2.56 bits per heavy atom. The van der Waals surface area contributed by atoms with Crippen molar-refractivity contribution in [2.75, 3.05) is 5.73 Å². The Morgan fingerprint density at radius 2 is 2.06 bits per heavy atom. The van der Waals surface area contributed by atoms with Crippen LogP contribution in [0.1, 0.15) is 18.9 Å². The van der Waals surface area contributed by atoms with Gasteiger partial charge in [0.1, 0.15) is 11.6 Å². The SMILES string of the molecule is CC(=O)CC(=S)c1c(N)n(C)c(=O)[nH]c1=O. The van der Waals surface area contributed by atoms with Crippen molar-refractivity contribution in [3.8, 4) is 0 Å². The minimum absolute atomic E-state index is 0.0206. The number of rotatable bonds is 3. The van der Waals surface area contributed by atoms with Gasteiger partial charge in [-0.15, -0.1) is 0 Å². The van der Waals surface area contributed by atoms with Crippen molar-refractivity contribution < 1.29 is 4.79 Å². The lowest BCUT2D eigenvalue weighted by Crippen LogP contribution is -2.34. The smallest absolute Gasteiger partial charge is 0.329 e. The molecule has 0 amide bonds. The van der Waals surface area contributed by atoms with Gasteiger partial charge in [0, 0.05) is 18.3 Å². The summed E-state index contributed by atoms with van der Waals surface area (Å²) < 4.78 is 1.07. The molecule has 1 aromatic heterocycles. The Morgan fingerprint density at radius 1 is 1.50 bits per heavy atom. The van der Waals surface area contributed by atoms with Crippen LogP contribution >= 0.6 is 12.2 Å². The summed E-state index contributed by atoms with van der Waals surface area (Å²) in [6, 6.07) is 0. The Kier molecular flexibility index (Phi) is 3.38. The first kappa shape index (κ1) is 12.3. The Hall–Kier alpha value is -1.76. The molecule has 86 valence electrons. The van der Waals surface area contributed by atoms with Crippen molar-refractivity contribution >= 4 is 28.7 Å². The zero-order valence-corrected chi connectivity index (χ0v) is 9.68. The van der Waals surface area contributed by atoms with Crippen LogP contribution in [0.3, 0.4) is 0 Å². The number of hydrogen-bond donors (Lipinski definition) is 2. The molecule has 0 fully saturated rings. The molecule has 0 aliphatic rings. The number of carbonyl (C=O) groups is 1. The van der Waals surface area contributed by atoms with Gasteiger partial charge in [-0.3, -0.25) is 19.1 Å². The van der Waals surface area contributed by atoms with Crippen LogP contribution in [-0.2, 0) is 11.8 Å². The van der Waals surface area contributed by atoms with Gasteiger partial charge in [0.2, 0.25) is 0 Å². The van der Waals surface area contributed by atoms with Crippen molar-refractivity contribution in [1.29, 1.82) is 0 Å². The minimum atomic E-state index is -0.660. The number of nitrogen functional groups attached to an aromatic ring is 1. The fourth-order valence-corrected chi connectivity index (χ4v) is 1.62. The summed E-state index contributed by atoms with van der Waals surface area (Å²) in [5.74, 6) is -0.197. The number of Topliss-reactive ketones (excluding diaryl/α,β-unsaturated/α-hetero) is 1. The summed E-state index contributed by atoms with van der Waals surface area (Å²) in [7, 11) is 1.41. The van der Waals surface area contributed by atoms with E-state index in [1.807, 2.05) is 0 Å². The van der Waals surface area contributed by atoms with Crippen molar-refractivity contribution in [3.05, 3.63) is 26.4 Å². The number of aromatic nitrogens is 2. The van der Waals surface area contributed by atoms with Crippen LogP contribution in [-0.4, -0.2) is 20.2 Å². The Labute approximate surface area is 96.1 Å². The number of anilines is 1. The molecule has 1 heterocycles. The predicted octanol–water partition coefficient (Wildman–Crippen LogP) is -0.647. The summed E-state index contributed by atoms with van der Waals surface area (Å²) in [4.78, 5) is 35.8. The van der Waals surface area contributed by atoms with Gasteiger partial charge >= 0.3 is 5.69 Å². The summed E-state index contributed by atoms with van der Waals surface area (Å²) in [5, 5.41) is 0. The van der Waals surface area contributed by atoms with Gasteiger partial charge in [-0.2, -0.15) is 0 Å². The van der Waals surface area contributed by atoms with E-state index in [4.69, 9.17) is 18.0 Å². The van der Waals surface area contributed by atoms with E-state index in [2.05, 4.69) is 4.98 Å². The molecule has 7 heteroatoms. The maximum Gasteiger partial charge on any atom is 0.329 e. The van der Waals surface area contributed by atoms with Crippen molar-refractivity contribution in [3.63, 3.8) is 0 Å². The molecule has 0 aromatic carbocycles. The molecule has 16 heavy (non-hydrogen) atoms. The van der Waals surface area contributed by atoms with Crippen molar-refractivity contribution in [2.45, 2.75) is 13.3 Å². The van der Waals surface area contributed by atoms with Crippen LogP contribution in [0.15, 0.2) is 9.59 Å². The molecule has 0 spiro atoms. The van der Waals surface area contributed by atoms with E-state index in [9.17, 15) is 14.4 Å². The number of hydrogen-bond acceptors (Lipinski definition) is 5. The lowest BCUT2D eigenvalue weighted by atomic mass is 10.1. The van der Waals surface area contributed by atoms with Crippen molar-refractivity contribution in [1.82, 2.24) is 9.55 Å². The van der Waals surface area contributed by atoms with E-state index < -0.39 is 11.2 Å². The summed E-state index contributed by atoms with van der Waals surface area (Å²) in [6.45, 7) is 1.36. The second-order valence-corrected chi connectivity index (χ2v) is 3.87. The Balaban J connectivity index is 3.41. The molecule has 0 saturated heterocycles. The van der Waals surface area contributed by atoms with E-state index >= 15 is 0 Å². The molecule has 0 radical (unpaired) electrons. The first-order valence-electron chi connectivity index (χ1n) is 4.46. The van der Waals surface area contributed by atoms with Gasteiger partial charge in [-0.05, 0) is 6.92 Å². The van der Waals surface area contributed by atoms with Crippen LogP contribution in [0.4, 0.5) is 5.82 Å². The number of nitrogens with zero attached hydrogens (tertiary/aromatic N) is 1. The molecule has 0 aliphatic heterocycles. The van der Waals surface area contributed by atoms with E-state index in [0.29, 0.717) is 0 Å². The first-order chi connectivity index (χ1) is 7.34. The molecular formula is C9H11N3O3S. The van der Waals surface area contributed by atoms with E-state index in [0.717, 1.165) is 4.57 Å². The highest BCUT2D eigenvalue weighted by atomic mass is 32.1. The molecule has 0 unspecified atom stereocenters. The third kappa shape index (κ3) is 2.25. The fraction of sp³-hybridized carbons (Fsp3) is 0.333. The molecule has 6 nitrogen and oxygen atoms in total. The maximum atomic E-state index is 11.5. The minimum Gasteiger partial charge on any atom is -0.384 e. The number of nitrogens with one attached hydrogen (secondary N) is 1. The molecule has 3 N–H and O–H groups in total. The molecule has 1 rings (SSSR count). The number of carbonyl (C=O) groups excluding carboxylic acids is 1. The van der Waals surface area contributed by atoms with Crippen LogP contribution in [0.25, 0.3) is 0 Å². The topological polar surface area (TPSA) is 97.9 Å². The highest BCUT2D eigenvalue weighted by Gasteiger charge is 2.15. The van der Waals surface area contributed by atoms with E-state index in [1.165, 1.54) is 14.0 Å². The van der Waals surface area contributed by atoms with Gasteiger partial charge in [0.05, 0.1) is 5.56 Å². The largest absolute Gasteiger partial charge is 0.384 e. The average molecular weight is 241 g/mol. The standard InChI is InChI=1S/C9H11N3O3S/c1-4(13)3-5(16)6-7(10)12(2)9(15)11-8(6)14/h3,10H2,1-2H3,(H,11,14,15). The fourth-order valence-electron chi connectivity index (χ4n) is 1.22. The van der Waals surface area contributed by atoms with Crippen LogP contribution in [0, 0.1) is 0 Å². The Bertz CT molecular complexity index is 570. The van der Waals surface area contributed by atoms with Gasteiger partial charge in [-0.1, -0.05) is 12.2 Å². The zero-order valence-electron chi connectivity index (χ0n) is 8.86. The predicted molar refractivity (Wildman–Crippen MR) is 63.7 cm³/mol. The highest BCUT2D eigenvalue weighted by Crippen LogP contribution is 2.07. The molecule has 1 aromatic rings. The van der Waals surface area contributed by atoms with E-state index in [-0.39, 0.29) is 28.4 Å². The van der Waals surface area contributed by atoms with Gasteiger partial charge in [0.15, 0.2) is 0 Å². The number of aromatic amines is 1. The quantitative estimate of drug-likeness (QED) is 0.541. The monoisotopic (exact) mass is 241 g/mol. The molecule has 0 atom stereocenters. The molecule has 0 bridgehead atoms. The third-order valence-electron chi connectivity index (χ3n) is 2.06. The normalized spacial score (nSPS) is 10.1. The van der Waals surface area contributed by atoms with Crippen LogP contribution in [0.5, 0.6) is 0 Å². The van der Waals surface area contributed by atoms with Crippen LogP contribution < -0.4 is 17.0 Å². The van der Waals surface area contributed by atoms with Gasteiger partial charge in [0.25, 0.3) is 5.56 Å². The lowest BCUT2D eigenvalue weighted by Gasteiger charge is -2.08. The van der Waals surface area contributed by atoms with E-state index in [1.54, 1.807) is 0 Å². The average Bonchev–Trinajstić information content (AvgIpc) is 2.13. The number of thiocarbonyl (C=S) groups is 1. The van der Waals surface area contributed by atoms with Gasteiger partial charge < -0.3 is 5.73 Å². The molecular weight excluding hydrogens is 230 g/mol. The third-order valence-corrected chi connectivity index (χ3v) is 2.41. The van der Waals surface area contributed by atoms with Crippen molar-refractivity contribution in [2.24, 2.45) is 7.05 Å². The lowest BCUT2D eigenvalue weighted by molar-refractivity contribution is -0.115. The second-order valence-electron chi connectivity index (χ2n) is 3.38. The second kappa shape index (κ2) is 4.40. The summed E-state index contributed by atoms with van der Waals surface area (Å²) in [5.41, 5.74) is 4.35.